The van der Waals surface area contributed by atoms with E-state index in [2.05, 4.69) is 31.9 Å². The fourth-order valence-corrected chi connectivity index (χ4v) is 0.982. The Kier molecular flexibility index (Phi) is 21.3. The second-order valence-corrected chi connectivity index (χ2v) is 2.78. The molecule has 0 fully saturated rings. The number of carboxylic acid groups (broad SMARTS) is 1. The lowest BCUT2D eigenvalue weighted by molar-refractivity contribution is -0.122. The number of hydrogen-bond donors (Lipinski definition) is 1. The fourth-order valence-electron chi connectivity index (χ4n) is 0.189. The first-order valence-electron chi connectivity index (χ1n) is 2.53. The van der Waals surface area contributed by atoms with Gasteiger partial charge in [0.1, 0.15) is 0 Å². The molecule has 0 spiro atoms. The monoisotopic (exact) mass is 260 g/mol. The molecule has 0 heterocycles. The van der Waals surface area contributed by atoms with Gasteiger partial charge in [-0.1, -0.05) is 31.9 Å². The Morgan fingerprint density at radius 2 is 1.44 bits per heavy atom. The molecular weight excluding hydrogens is 252 g/mol. The minimum atomic E-state index is -0.250. The van der Waals surface area contributed by atoms with Crippen LogP contribution in [-0.2, 0) is 4.79 Å². The lowest BCUT2D eigenvalue weighted by Crippen LogP contribution is -1.73. The zero-order valence-electron chi connectivity index (χ0n) is 5.02. The van der Waals surface area contributed by atoms with Gasteiger partial charge < -0.3 is 5.11 Å². The summed E-state index contributed by atoms with van der Waals surface area (Å²) in [4.78, 5) is 8.36. The van der Waals surface area contributed by atoms with Gasteiger partial charge in [0.25, 0.3) is 6.47 Å². The molecule has 0 bridgehead atoms. The van der Waals surface area contributed by atoms with E-state index in [0.29, 0.717) is 0 Å². The smallest absolute Gasteiger partial charge is 0.290 e. The zero-order chi connectivity index (χ0) is 7.54. The summed E-state index contributed by atoms with van der Waals surface area (Å²) in [6.45, 7) is -0.250. The van der Waals surface area contributed by atoms with Crippen LogP contribution in [0.1, 0.15) is 12.8 Å². The van der Waals surface area contributed by atoms with Crippen molar-refractivity contribution in [2.75, 3.05) is 10.7 Å². The van der Waals surface area contributed by atoms with Crippen molar-refractivity contribution in [1.82, 2.24) is 0 Å². The number of carbonyl (C=O) groups is 1. The summed E-state index contributed by atoms with van der Waals surface area (Å²) in [6, 6.07) is 0. The molecule has 0 aromatic carbocycles. The fraction of sp³-hybridized carbons (Fsp3) is 0.800. The third kappa shape index (κ3) is 29.6. The maximum Gasteiger partial charge on any atom is 0.290 e. The standard InChI is InChI=1S/C4H8Br2.CH2O2/c5-3-1-2-4-6;2-1-3/h1-4H2;1H,(H,2,3). The molecule has 0 rings (SSSR count). The molecule has 0 saturated carbocycles. The zero-order valence-corrected chi connectivity index (χ0v) is 8.19. The molecule has 0 aliphatic heterocycles. The van der Waals surface area contributed by atoms with E-state index >= 15 is 0 Å². The first-order chi connectivity index (χ1) is 4.33. The Morgan fingerprint density at radius 1 is 1.22 bits per heavy atom. The topological polar surface area (TPSA) is 37.3 Å². The third-order valence-corrected chi connectivity index (χ3v) is 1.64. The summed E-state index contributed by atoms with van der Waals surface area (Å²) in [5.41, 5.74) is 0. The molecule has 0 amide bonds. The number of hydrogen-bond acceptors (Lipinski definition) is 1. The molecule has 0 aromatic rings. The normalized spacial score (nSPS) is 7.33. The number of rotatable bonds is 3. The van der Waals surface area contributed by atoms with Crippen LogP contribution in [0.2, 0.25) is 0 Å². The lowest BCUT2D eigenvalue weighted by Gasteiger charge is -1.83. The van der Waals surface area contributed by atoms with Crippen LogP contribution >= 0.6 is 31.9 Å². The average Bonchev–Trinajstić information content (AvgIpc) is 1.86. The van der Waals surface area contributed by atoms with Gasteiger partial charge in [0.05, 0.1) is 0 Å². The van der Waals surface area contributed by atoms with Crippen LogP contribution in [0.15, 0.2) is 0 Å². The van der Waals surface area contributed by atoms with Crippen LogP contribution in [0, 0.1) is 0 Å². The average molecular weight is 262 g/mol. The molecule has 9 heavy (non-hydrogen) atoms. The van der Waals surface area contributed by atoms with Gasteiger partial charge in [0.15, 0.2) is 0 Å². The molecule has 0 unspecified atom stereocenters. The summed E-state index contributed by atoms with van der Waals surface area (Å²) >= 11 is 6.66. The van der Waals surface area contributed by atoms with Crippen LogP contribution in [0.4, 0.5) is 0 Å². The van der Waals surface area contributed by atoms with Crippen molar-refractivity contribution in [2.45, 2.75) is 12.8 Å². The van der Waals surface area contributed by atoms with Crippen molar-refractivity contribution in [2.24, 2.45) is 0 Å². The van der Waals surface area contributed by atoms with Gasteiger partial charge in [-0.2, -0.15) is 0 Å². The highest BCUT2D eigenvalue weighted by atomic mass is 79.9. The van der Waals surface area contributed by atoms with E-state index in [1.165, 1.54) is 12.8 Å². The SMILES string of the molecule is BrCCCCBr.O=CO. The highest BCUT2D eigenvalue weighted by Crippen LogP contribution is 1.95. The van der Waals surface area contributed by atoms with E-state index in [1.807, 2.05) is 0 Å². The predicted molar refractivity (Wildman–Crippen MR) is 45.5 cm³/mol. The van der Waals surface area contributed by atoms with Crippen LogP contribution in [0.5, 0.6) is 0 Å². The molecule has 2 nitrogen and oxygen atoms in total. The highest BCUT2D eigenvalue weighted by Gasteiger charge is 1.77. The quantitative estimate of drug-likeness (QED) is 0.481. The predicted octanol–water partition coefficient (Wildman–Crippen LogP) is 2.26. The Hall–Kier alpha value is 0.430. The van der Waals surface area contributed by atoms with Gasteiger partial charge in [-0.05, 0) is 12.8 Å². The van der Waals surface area contributed by atoms with E-state index in [-0.39, 0.29) is 6.47 Å². The van der Waals surface area contributed by atoms with E-state index in [9.17, 15) is 0 Å². The van der Waals surface area contributed by atoms with E-state index in [4.69, 9.17) is 9.90 Å². The van der Waals surface area contributed by atoms with Gasteiger partial charge in [0, 0.05) is 10.7 Å². The largest absolute Gasteiger partial charge is 0.483 e. The number of unbranched alkanes of at least 4 members (excludes halogenated alkanes) is 1. The van der Waals surface area contributed by atoms with Crippen LogP contribution in [0.3, 0.4) is 0 Å². The number of alkyl halides is 2. The van der Waals surface area contributed by atoms with Crippen LogP contribution in [-0.4, -0.2) is 22.2 Å². The molecular formula is C5H10Br2O2. The molecule has 0 aromatic heterocycles. The van der Waals surface area contributed by atoms with Gasteiger partial charge in [-0.25, -0.2) is 0 Å². The van der Waals surface area contributed by atoms with Gasteiger partial charge in [0.2, 0.25) is 0 Å². The van der Waals surface area contributed by atoms with E-state index < -0.39 is 0 Å². The summed E-state index contributed by atoms with van der Waals surface area (Å²) in [7, 11) is 0. The summed E-state index contributed by atoms with van der Waals surface area (Å²) in [6.07, 6.45) is 2.57. The molecule has 56 valence electrons. The van der Waals surface area contributed by atoms with Crippen LogP contribution < -0.4 is 0 Å². The van der Waals surface area contributed by atoms with Crippen molar-refractivity contribution in [3.63, 3.8) is 0 Å². The van der Waals surface area contributed by atoms with E-state index in [1.54, 1.807) is 0 Å². The highest BCUT2D eigenvalue weighted by molar-refractivity contribution is 9.09. The Bertz CT molecular complexity index is 46.2. The summed E-state index contributed by atoms with van der Waals surface area (Å²) < 4.78 is 0. The minimum Gasteiger partial charge on any atom is -0.483 e. The lowest BCUT2D eigenvalue weighted by atomic mass is 10.4. The Labute approximate surface area is 71.9 Å². The van der Waals surface area contributed by atoms with Gasteiger partial charge in [-0.3, -0.25) is 4.79 Å². The van der Waals surface area contributed by atoms with Crippen molar-refractivity contribution >= 4 is 38.3 Å². The molecule has 0 aliphatic rings. The first-order valence-corrected chi connectivity index (χ1v) is 4.77. The van der Waals surface area contributed by atoms with Gasteiger partial charge >= 0.3 is 0 Å². The van der Waals surface area contributed by atoms with Crippen LogP contribution in [0.25, 0.3) is 0 Å². The molecule has 1 N–H and O–H groups in total. The van der Waals surface area contributed by atoms with Crippen molar-refractivity contribution in [3.8, 4) is 0 Å². The molecule has 4 heteroatoms. The first kappa shape index (κ1) is 12.1. The second-order valence-electron chi connectivity index (χ2n) is 1.19. The maximum atomic E-state index is 8.36. The van der Waals surface area contributed by atoms with Crippen molar-refractivity contribution in [3.05, 3.63) is 0 Å². The summed E-state index contributed by atoms with van der Waals surface area (Å²) in [5.74, 6) is 0. The molecule has 0 saturated heterocycles. The number of halogens is 2. The third-order valence-electron chi connectivity index (χ3n) is 0.517. The summed E-state index contributed by atoms with van der Waals surface area (Å²) in [5, 5.41) is 9.16. The van der Waals surface area contributed by atoms with E-state index in [0.717, 1.165) is 10.7 Å². The van der Waals surface area contributed by atoms with Crippen molar-refractivity contribution in [1.29, 1.82) is 0 Å². The molecule has 0 aliphatic carbocycles. The van der Waals surface area contributed by atoms with Gasteiger partial charge in [-0.15, -0.1) is 0 Å². The van der Waals surface area contributed by atoms with Crippen molar-refractivity contribution < 1.29 is 9.90 Å². The molecule has 0 radical (unpaired) electrons. The molecule has 0 atom stereocenters. The Morgan fingerprint density at radius 3 is 1.56 bits per heavy atom. The Balaban J connectivity index is 0. The maximum absolute atomic E-state index is 8.36. The minimum absolute atomic E-state index is 0.250. The second kappa shape index (κ2) is 15.8.